The van der Waals surface area contributed by atoms with Crippen molar-refractivity contribution in [3.8, 4) is 0 Å². The molecule has 4 aromatic rings. The van der Waals surface area contributed by atoms with Gasteiger partial charge in [-0.15, -0.1) is 5.10 Å². The van der Waals surface area contributed by atoms with Gasteiger partial charge in [0, 0.05) is 49.7 Å². The molecule has 1 N–H and O–H groups in total. The SMILES string of the molecule is Cc1ccc(C)c2[nH]c(=O)c([C@H](c3nnnn3CCc3ccccc3)N3CCN(C4CCCCC4)CC3)cc12. The third kappa shape index (κ3) is 5.40. The van der Waals surface area contributed by atoms with Crippen molar-refractivity contribution in [1.82, 2.24) is 35.0 Å². The Bertz CT molecular complexity index is 1460. The number of fused-ring (bicyclic) bond motifs is 1. The minimum atomic E-state index is -0.308. The molecule has 0 amide bonds. The van der Waals surface area contributed by atoms with Crippen LogP contribution in [0.3, 0.4) is 0 Å². The maximum Gasteiger partial charge on any atom is 0.253 e. The highest BCUT2D eigenvalue weighted by atomic mass is 16.1. The topological polar surface area (TPSA) is 82.9 Å². The van der Waals surface area contributed by atoms with E-state index in [2.05, 4.69) is 79.7 Å². The van der Waals surface area contributed by atoms with Crippen LogP contribution in [0.1, 0.15) is 66.2 Å². The summed E-state index contributed by atoms with van der Waals surface area (Å²) in [5.41, 5.74) is 5.04. The second-order valence-electron chi connectivity index (χ2n) is 11.3. The van der Waals surface area contributed by atoms with Crippen molar-refractivity contribution < 1.29 is 0 Å². The smallest absolute Gasteiger partial charge is 0.253 e. The fourth-order valence-corrected chi connectivity index (χ4v) is 6.55. The number of aryl methyl sites for hydroxylation is 4. The number of aromatic nitrogens is 5. The number of benzene rings is 2. The van der Waals surface area contributed by atoms with E-state index in [1.165, 1.54) is 37.7 Å². The number of tetrazole rings is 1. The summed E-state index contributed by atoms with van der Waals surface area (Å²) in [6.45, 7) is 8.60. The highest BCUT2D eigenvalue weighted by molar-refractivity contribution is 5.85. The van der Waals surface area contributed by atoms with Crippen LogP contribution in [0.25, 0.3) is 10.9 Å². The third-order valence-electron chi connectivity index (χ3n) is 8.83. The summed E-state index contributed by atoms with van der Waals surface area (Å²) >= 11 is 0. The van der Waals surface area contributed by atoms with Crippen LogP contribution in [0.15, 0.2) is 53.3 Å². The summed E-state index contributed by atoms with van der Waals surface area (Å²) in [4.78, 5) is 22.0. The first-order chi connectivity index (χ1) is 19.1. The lowest BCUT2D eigenvalue weighted by Gasteiger charge is -2.43. The summed E-state index contributed by atoms with van der Waals surface area (Å²) in [7, 11) is 0. The minimum Gasteiger partial charge on any atom is -0.321 e. The Morgan fingerprint density at radius 3 is 2.46 bits per heavy atom. The third-order valence-corrected chi connectivity index (χ3v) is 8.83. The van der Waals surface area contributed by atoms with Crippen LogP contribution in [-0.4, -0.2) is 67.2 Å². The molecule has 0 unspecified atom stereocenters. The van der Waals surface area contributed by atoms with Gasteiger partial charge in [0.1, 0.15) is 6.04 Å². The van der Waals surface area contributed by atoms with Crippen molar-refractivity contribution in [2.45, 2.75) is 71.0 Å². The van der Waals surface area contributed by atoms with Gasteiger partial charge in [0.25, 0.3) is 5.56 Å². The number of nitrogens with zero attached hydrogens (tertiary/aromatic N) is 6. The van der Waals surface area contributed by atoms with Crippen LogP contribution in [0.4, 0.5) is 0 Å². The summed E-state index contributed by atoms with van der Waals surface area (Å²) in [6, 6.07) is 17.1. The van der Waals surface area contributed by atoms with Crippen LogP contribution in [0, 0.1) is 13.8 Å². The van der Waals surface area contributed by atoms with E-state index >= 15 is 0 Å². The molecular formula is C31H39N7O. The second kappa shape index (κ2) is 11.4. The number of hydrogen-bond donors (Lipinski definition) is 1. The number of pyridine rings is 1. The Hall–Kier alpha value is -3.36. The van der Waals surface area contributed by atoms with Gasteiger partial charge in [-0.05, 0) is 66.3 Å². The van der Waals surface area contributed by atoms with Crippen molar-refractivity contribution in [1.29, 1.82) is 0 Å². The van der Waals surface area contributed by atoms with E-state index in [1.807, 2.05) is 17.7 Å². The molecule has 1 aliphatic carbocycles. The molecule has 0 bridgehead atoms. The van der Waals surface area contributed by atoms with Crippen molar-refractivity contribution in [2.24, 2.45) is 0 Å². The summed E-state index contributed by atoms with van der Waals surface area (Å²) < 4.78 is 1.90. The van der Waals surface area contributed by atoms with Crippen LogP contribution in [-0.2, 0) is 13.0 Å². The fourth-order valence-electron chi connectivity index (χ4n) is 6.55. The molecule has 6 rings (SSSR count). The Balaban J connectivity index is 1.35. The summed E-state index contributed by atoms with van der Waals surface area (Å²) in [5, 5.41) is 14.1. The zero-order valence-corrected chi connectivity index (χ0v) is 23.1. The largest absolute Gasteiger partial charge is 0.321 e. The van der Waals surface area contributed by atoms with Gasteiger partial charge in [0.15, 0.2) is 5.82 Å². The van der Waals surface area contributed by atoms with E-state index in [0.717, 1.165) is 66.0 Å². The summed E-state index contributed by atoms with van der Waals surface area (Å²) in [6.07, 6.45) is 7.50. The zero-order chi connectivity index (χ0) is 26.8. The van der Waals surface area contributed by atoms with E-state index in [-0.39, 0.29) is 11.6 Å². The molecule has 8 nitrogen and oxygen atoms in total. The van der Waals surface area contributed by atoms with E-state index in [9.17, 15) is 4.79 Å². The molecule has 204 valence electrons. The standard InChI is InChI=1S/C31H39N7O/c1-22-13-14-23(2)28-26(22)21-27(31(39)32-28)29(37-19-17-36(18-20-37)25-11-7-4-8-12-25)30-33-34-35-38(30)16-15-24-9-5-3-6-10-24/h3,5-6,9-10,13-14,21,25,29H,4,7-8,11-12,15-20H2,1-2H3,(H,32,39)/t29-/m1/s1. The molecule has 8 heteroatoms. The van der Waals surface area contributed by atoms with Gasteiger partial charge in [-0.1, -0.05) is 61.7 Å². The highest BCUT2D eigenvalue weighted by Gasteiger charge is 2.34. The van der Waals surface area contributed by atoms with Gasteiger partial charge in [-0.3, -0.25) is 14.6 Å². The average Bonchev–Trinajstić information content (AvgIpc) is 3.44. The number of piperazine rings is 1. The number of hydrogen-bond acceptors (Lipinski definition) is 6. The van der Waals surface area contributed by atoms with E-state index < -0.39 is 0 Å². The Labute approximate surface area is 230 Å². The van der Waals surface area contributed by atoms with Gasteiger partial charge < -0.3 is 4.98 Å². The van der Waals surface area contributed by atoms with Crippen molar-refractivity contribution in [3.63, 3.8) is 0 Å². The lowest BCUT2D eigenvalue weighted by Crippen LogP contribution is -2.52. The quantitative estimate of drug-likeness (QED) is 0.385. The first kappa shape index (κ1) is 25.9. The predicted molar refractivity (Wildman–Crippen MR) is 154 cm³/mol. The van der Waals surface area contributed by atoms with Gasteiger partial charge in [0.05, 0.1) is 5.52 Å². The van der Waals surface area contributed by atoms with E-state index in [4.69, 9.17) is 0 Å². The average molecular weight is 526 g/mol. The zero-order valence-electron chi connectivity index (χ0n) is 23.1. The molecule has 39 heavy (non-hydrogen) atoms. The van der Waals surface area contributed by atoms with Crippen LogP contribution >= 0.6 is 0 Å². The molecule has 2 aliphatic rings. The number of rotatable bonds is 7. The van der Waals surface area contributed by atoms with Crippen LogP contribution < -0.4 is 5.56 Å². The molecule has 0 spiro atoms. The molecule has 1 saturated carbocycles. The first-order valence-corrected chi connectivity index (χ1v) is 14.5. The summed E-state index contributed by atoms with van der Waals surface area (Å²) in [5.74, 6) is 0.743. The van der Waals surface area contributed by atoms with Gasteiger partial charge >= 0.3 is 0 Å². The van der Waals surface area contributed by atoms with Gasteiger partial charge in [-0.25, -0.2) is 4.68 Å². The van der Waals surface area contributed by atoms with Crippen molar-refractivity contribution in [2.75, 3.05) is 26.2 Å². The molecule has 1 saturated heterocycles. The molecule has 1 aliphatic heterocycles. The monoisotopic (exact) mass is 525 g/mol. The molecule has 1 atom stereocenters. The maximum atomic E-state index is 13.7. The van der Waals surface area contributed by atoms with E-state index in [1.54, 1.807) is 0 Å². The molecule has 2 aromatic heterocycles. The van der Waals surface area contributed by atoms with Crippen LogP contribution in [0.5, 0.6) is 0 Å². The predicted octanol–water partition coefficient (Wildman–Crippen LogP) is 4.41. The van der Waals surface area contributed by atoms with Crippen LogP contribution in [0.2, 0.25) is 0 Å². The fraction of sp³-hybridized carbons (Fsp3) is 0.484. The number of nitrogens with one attached hydrogen (secondary N) is 1. The maximum absolute atomic E-state index is 13.7. The molecule has 2 aromatic carbocycles. The molecule has 2 fully saturated rings. The Morgan fingerprint density at radius 1 is 0.949 bits per heavy atom. The molecular weight excluding hydrogens is 486 g/mol. The lowest BCUT2D eigenvalue weighted by atomic mass is 9.93. The van der Waals surface area contributed by atoms with E-state index in [0.29, 0.717) is 12.6 Å². The minimum absolute atomic E-state index is 0.0616. The Kier molecular flexibility index (Phi) is 7.57. The normalized spacial score (nSPS) is 18.5. The van der Waals surface area contributed by atoms with Gasteiger partial charge in [0.2, 0.25) is 0 Å². The lowest BCUT2D eigenvalue weighted by molar-refractivity contribution is 0.0617. The number of aromatic amines is 1. The van der Waals surface area contributed by atoms with Crippen molar-refractivity contribution in [3.05, 3.63) is 87.0 Å². The van der Waals surface area contributed by atoms with Crippen molar-refractivity contribution >= 4 is 10.9 Å². The first-order valence-electron chi connectivity index (χ1n) is 14.5. The number of H-pyrrole nitrogens is 1. The molecule has 0 radical (unpaired) electrons. The highest BCUT2D eigenvalue weighted by Crippen LogP contribution is 2.31. The molecule has 3 heterocycles. The second-order valence-corrected chi connectivity index (χ2v) is 11.3. The Morgan fingerprint density at radius 2 is 1.69 bits per heavy atom. The van der Waals surface area contributed by atoms with Gasteiger partial charge in [-0.2, -0.15) is 0 Å².